The van der Waals surface area contributed by atoms with E-state index in [1.54, 1.807) is 11.0 Å². The van der Waals surface area contributed by atoms with Gasteiger partial charge in [-0.3, -0.25) is 4.79 Å². The van der Waals surface area contributed by atoms with Gasteiger partial charge >= 0.3 is 13.2 Å². The van der Waals surface area contributed by atoms with Crippen LogP contribution in [0.3, 0.4) is 0 Å². The number of hydrogen-bond donors (Lipinski definition) is 2. The molecule has 12 nitrogen and oxygen atoms in total. The molecule has 6 heterocycles. The Kier molecular flexibility index (Phi) is 9.49. The number of anilines is 1. The summed E-state index contributed by atoms with van der Waals surface area (Å²) < 4.78 is 26.1. The third kappa shape index (κ3) is 7.28. The minimum absolute atomic E-state index is 0.0668. The average molecular weight is 798 g/mol. The zero-order valence-corrected chi connectivity index (χ0v) is 32.4. The van der Waals surface area contributed by atoms with E-state index in [2.05, 4.69) is 43.5 Å². The van der Waals surface area contributed by atoms with Gasteiger partial charge < -0.3 is 34.3 Å². The number of carbonyl (C=O) groups excluding carboxylic acids is 2. The molecule has 51 heavy (non-hydrogen) atoms. The number of ether oxygens (including phenoxy) is 2. The van der Waals surface area contributed by atoms with Crippen molar-refractivity contribution in [3.8, 4) is 11.8 Å². The first-order valence-electron chi connectivity index (χ1n) is 16.9. The molecule has 2 atom stereocenters. The van der Waals surface area contributed by atoms with E-state index < -0.39 is 23.9 Å². The van der Waals surface area contributed by atoms with Crippen molar-refractivity contribution in [2.45, 2.75) is 83.6 Å². The number of aromatic nitrogens is 3. The monoisotopic (exact) mass is 796 g/mol. The highest BCUT2D eigenvalue weighted by atomic mass is 79.9. The molecule has 0 saturated carbocycles. The van der Waals surface area contributed by atoms with Gasteiger partial charge in [0.2, 0.25) is 17.0 Å². The van der Waals surface area contributed by atoms with Crippen molar-refractivity contribution in [2.75, 3.05) is 25.0 Å². The molecular weight excluding hydrogens is 759 g/mol. The molecule has 1 fully saturated rings. The molecule has 2 amide bonds. The predicted molar refractivity (Wildman–Crippen MR) is 202 cm³/mol. The van der Waals surface area contributed by atoms with E-state index >= 15 is 0 Å². The number of nitrogens with zero attached hydrogens (tertiary/aromatic N) is 4. The Morgan fingerprint density at radius 3 is 2.75 bits per heavy atom. The van der Waals surface area contributed by atoms with E-state index in [0.717, 1.165) is 26.6 Å². The normalized spacial score (nSPS) is 21.9. The lowest BCUT2D eigenvalue weighted by molar-refractivity contribution is -0.0182. The number of rotatable bonds is 6. The van der Waals surface area contributed by atoms with Crippen molar-refractivity contribution in [3.05, 3.63) is 56.6 Å². The Morgan fingerprint density at radius 2 is 2.00 bits per heavy atom. The van der Waals surface area contributed by atoms with E-state index in [9.17, 15) is 9.59 Å². The maximum absolute atomic E-state index is 13.6. The summed E-state index contributed by atoms with van der Waals surface area (Å²) in [6.45, 7) is 13.3. The molecule has 1 unspecified atom stereocenters. The zero-order valence-electron chi connectivity index (χ0n) is 29.3. The molecule has 2 N–H and O–H groups in total. The molecule has 3 aliphatic rings. The van der Waals surface area contributed by atoms with Crippen LogP contribution in [-0.2, 0) is 14.0 Å². The molecule has 1 aromatic carbocycles. The molecule has 7 rings (SSSR count). The van der Waals surface area contributed by atoms with Gasteiger partial charge in [-0.2, -0.15) is 4.98 Å². The Bertz CT molecular complexity index is 2070. The summed E-state index contributed by atoms with van der Waals surface area (Å²) in [5, 5.41) is 8.76. The minimum atomic E-state index is -0.607. The van der Waals surface area contributed by atoms with E-state index in [1.165, 1.54) is 17.5 Å². The molecule has 0 aliphatic carbocycles. The van der Waals surface area contributed by atoms with Gasteiger partial charge in [-0.25, -0.2) is 14.8 Å². The number of fused-ring (bicyclic) bond motifs is 5. The second kappa shape index (κ2) is 13.5. The Hall–Kier alpha value is -3.50. The van der Waals surface area contributed by atoms with Gasteiger partial charge in [0.15, 0.2) is 0 Å². The van der Waals surface area contributed by atoms with Crippen LogP contribution in [0.5, 0.6) is 11.8 Å². The Balaban J connectivity index is 1.03. The van der Waals surface area contributed by atoms with Crippen LogP contribution in [0.1, 0.15) is 70.5 Å². The molecule has 268 valence electrons. The van der Waals surface area contributed by atoms with Crippen molar-refractivity contribution < 1.29 is 28.4 Å². The highest BCUT2D eigenvalue weighted by Gasteiger charge is 2.55. The summed E-state index contributed by atoms with van der Waals surface area (Å²) in [6, 6.07) is 7.48. The van der Waals surface area contributed by atoms with Crippen molar-refractivity contribution in [2.24, 2.45) is 0 Å². The summed E-state index contributed by atoms with van der Waals surface area (Å²) in [7, 11) is -0.501. The number of hydrogen-bond acceptors (Lipinski definition) is 11. The SMILES string of the molecule is CC(C)(C)OC(=O)N1CC=C(B2OC(C)(C)C(C)(CC[C@@H]3CNc4c(sc5ccc6nc(Oc7nc(Cl)ncc7Br)ccc6c45)C(=O)N3)O2)CC1. The molecule has 0 bridgehead atoms. The van der Waals surface area contributed by atoms with Crippen molar-refractivity contribution in [1.82, 2.24) is 25.2 Å². The molecule has 4 aromatic rings. The third-order valence-corrected chi connectivity index (χ3v) is 11.5. The number of halogens is 2. The fourth-order valence-electron chi connectivity index (χ4n) is 6.52. The summed E-state index contributed by atoms with van der Waals surface area (Å²) in [5.41, 5.74) is 0.813. The Labute approximate surface area is 313 Å². The number of thiophene rings is 1. The lowest BCUT2D eigenvalue weighted by Crippen LogP contribution is -2.47. The number of carbonyl (C=O) groups is 2. The van der Waals surface area contributed by atoms with Crippen LogP contribution < -0.4 is 15.4 Å². The first-order chi connectivity index (χ1) is 24.1. The van der Waals surface area contributed by atoms with Crippen LogP contribution in [0.15, 0.2) is 46.5 Å². The van der Waals surface area contributed by atoms with Gasteiger partial charge in [-0.1, -0.05) is 6.08 Å². The van der Waals surface area contributed by atoms with Crippen LogP contribution >= 0.6 is 38.9 Å². The highest BCUT2D eigenvalue weighted by Crippen LogP contribution is 2.44. The fraction of sp³-hybridized carbons (Fsp3) is 0.457. The summed E-state index contributed by atoms with van der Waals surface area (Å²) >= 11 is 10.8. The second-order valence-electron chi connectivity index (χ2n) is 14.7. The third-order valence-electron chi connectivity index (χ3n) is 9.66. The van der Waals surface area contributed by atoms with Gasteiger partial charge in [-0.15, -0.1) is 11.3 Å². The standard InChI is InChI=1S/C35H39BBrClN6O6S/c1-33(2,3)48-32(46)44-15-12-19(13-16-44)36-49-34(4,5)35(6,50-36)14-11-20-17-39-27-26-21-7-10-25(47-30-22(37)18-40-31(38)43-30)42-23(21)8-9-24(26)51-28(27)29(45)41-20/h7-10,12,18,20,39H,11,13-17H2,1-6H3,(H,41,45)/t20-,35?/m1/s1. The molecule has 0 spiro atoms. The van der Waals surface area contributed by atoms with Gasteiger partial charge in [0, 0.05) is 53.4 Å². The number of nitrogens with one attached hydrogen (secondary N) is 2. The van der Waals surface area contributed by atoms with Crippen molar-refractivity contribution in [3.63, 3.8) is 0 Å². The molecule has 3 aromatic heterocycles. The van der Waals surface area contributed by atoms with Crippen LogP contribution in [-0.4, -0.2) is 81.4 Å². The van der Waals surface area contributed by atoms with E-state index in [-0.39, 0.29) is 29.2 Å². The summed E-state index contributed by atoms with van der Waals surface area (Å²) in [5.74, 6) is 0.501. The highest BCUT2D eigenvalue weighted by molar-refractivity contribution is 9.10. The van der Waals surface area contributed by atoms with Crippen LogP contribution in [0.2, 0.25) is 5.28 Å². The number of pyridine rings is 1. The lowest BCUT2D eigenvalue weighted by atomic mass is 9.74. The van der Waals surface area contributed by atoms with E-state index in [0.29, 0.717) is 59.6 Å². The van der Waals surface area contributed by atoms with Gasteiger partial charge in [0.1, 0.15) is 10.5 Å². The minimum Gasteiger partial charge on any atom is -0.444 e. The van der Waals surface area contributed by atoms with E-state index in [1.807, 2.05) is 58.9 Å². The molecule has 16 heteroatoms. The first kappa shape index (κ1) is 35.9. The average Bonchev–Trinajstić information content (AvgIpc) is 3.51. The molecular formula is C35H39BBrClN6O6S. The number of amides is 2. The van der Waals surface area contributed by atoms with Gasteiger partial charge in [-0.05, 0) is 112 Å². The smallest absolute Gasteiger partial charge is 0.444 e. The topological polar surface area (TPSA) is 137 Å². The fourth-order valence-corrected chi connectivity index (χ4v) is 8.01. The van der Waals surface area contributed by atoms with Crippen molar-refractivity contribution in [1.29, 1.82) is 0 Å². The zero-order chi connectivity index (χ0) is 36.3. The molecule has 3 aliphatic heterocycles. The summed E-state index contributed by atoms with van der Waals surface area (Å²) in [6.07, 6.45) is 5.20. The lowest BCUT2D eigenvalue weighted by Gasteiger charge is -2.37. The quantitative estimate of drug-likeness (QED) is 0.146. The first-order valence-corrected chi connectivity index (χ1v) is 18.9. The molecule has 0 radical (unpaired) electrons. The van der Waals surface area contributed by atoms with Crippen LogP contribution in [0.25, 0.3) is 21.0 Å². The van der Waals surface area contributed by atoms with Crippen LogP contribution in [0, 0.1) is 0 Å². The molecule has 1 saturated heterocycles. The van der Waals surface area contributed by atoms with Crippen molar-refractivity contribution >= 4 is 84.7 Å². The maximum Gasteiger partial charge on any atom is 0.490 e. The second-order valence-corrected chi connectivity index (χ2v) is 17.0. The summed E-state index contributed by atoms with van der Waals surface area (Å²) in [4.78, 5) is 41.3. The largest absolute Gasteiger partial charge is 0.490 e. The van der Waals surface area contributed by atoms with Gasteiger partial charge in [0.25, 0.3) is 5.91 Å². The van der Waals surface area contributed by atoms with Crippen LogP contribution in [0.4, 0.5) is 10.5 Å². The Morgan fingerprint density at radius 1 is 1.20 bits per heavy atom. The maximum atomic E-state index is 13.6. The van der Waals surface area contributed by atoms with Gasteiger partial charge in [0.05, 0.1) is 26.9 Å². The number of benzene rings is 1. The van der Waals surface area contributed by atoms with E-state index in [4.69, 9.17) is 35.4 Å². The predicted octanol–water partition coefficient (Wildman–Crippen LogP) is 7.93.